The van der Waals surface area contributed by atoms with Crippen LogP contribution >= 0.6 is 11.3 Å². The molecular weight excluding hydrogens is 284 g/mol. The van der Waals surface area contributed by atoms with Gasteiger partial charge in [0, 0.05) is 22.4 Å². The zero-order valence-electron chi connectivity index (χ0n) is 12.1. The number of nitrogens with zero attached hydrogens (tertiary/aromatic N) is 3. The lowest BCUT2D eigenvalue weighted by Gasteiger charge is -2.24. The molecule has 0 aromatic carbocycles. The Kier molecular flexibility index (Phi) is 4.36. The maximum atomic E-state index is 9.42. The van der Waals surface area contributed by atoms with Crippen LogP contribution in [0.15, 0.2) is 24.5 Å². The highest BCUT2D eigenvalue weighted by molar-refractivity contribution is 7.11. The third-order valence-electron chi connectivity index (χ3n) is 3.77. The largest absolute Gasteiger partial charge is 0.394 e. The second kappa shape index (κ2) is 6.41. The molecule has 0 bridgehead atoms. The second-order valence-corrected chi connectivity index (χ2v) is 6.67. The van der Waals surface area contributed by atoms with E-state index in [-0.39, 0.29) is 12.6 Å². The fourth-order valence-corrected chi connectivity index (χ4v) is 3.52. The van der Waals surface area contributed by atoms with Gasteiger partial charge >= 0.3 is 0 Å². The number of anilines is 2. The van der Waals surface area contributed by atoms with Crippen LogP contribution in [0.5, 0.6) is 0 Å². The van der Waals surface area contributed by atoms with Crippen molar-refractivity contribution < 1.29 is 5.11 Å². The monoisotopic (exact) mass is 304 g/mol. The first-order valence-electron chi connectivity index (χ1n) is 7.25. The molecule has 112 valence electrons. The van der Waals surface area contributed by atoms with Crippen LogP contribution in [0.25, 0.3) is 0 Å². The van der Waals surface area contributed by atoms with E-state index in [0.717, 1.165) is 37.6 Å². The molecule has 1 aliphatic rings. The van der Waals surface area contributed by atoms with E-state index < -0.39 is 0 Å². The minimum Gasteiger partial charge on any atom is -0.394 e. The van der Waals surface area contributed by atoms with Crippen LogP contribution in [0, 0.1) is 6.92 Å². The van der Waals surface area contributed by atoms with Gasteiger partial charge < -0.3 is 15.3 Å². The third kappa shape index (κ3) is 3.33. The summed E-state index contributed by atoms with van der Waals surface area (Å²) in [6.07, 6.45) is 3.72. The molecule has 2 aromatic rings. The van der Waals surface area contributed by atoms with Crippen LogP contribution in [0.1, 0.15) is 22.6 Å². The molecule has 0 amide bonds. The van der Waals surface area contributed by atoms with Gasteiger partial charge in [-0.15, -0.1) is 11.3 Å². The van der Waals surface area contributed by atoms with Crippen LogP contribution in [0.2, 0.25) is 0 Å². The Morgan fingerprint density at radius 3 is 3.10 bits per heavy atom. The Bertz CT molecular complexity index is 601. The van der Waals surface area contributed by atoms with E-state index in [4.69, 9.17) is 0 Å². The van der Waals surface area contributed by atoms with Crippen molar-refractivity contribution in [3.05, 3.63) is 34.3 Å². The molecule has 0 radical (unpaired) electrons. The van der Waals surface area contributed by atoms with E-state index >= 15 is 0 Å². The second-order valence-electron chi connectivity index (χ2n) is 5.30. The van der Waals surface area contributed by atoms with Gasteiger partial charge in [0.05, 0.1) is 19.2 Å². The van der Waals surface area contributed by atoms with Gasteiger partial charge in [-0.2, -0.15) is 0 Å². The van der Waals surface area contributed by atoms with Gasteiger partial charge in [-0.3, -0.25) is 0 Å². The molecule has 3 heterocycles. The van der Waals surface area contributed by atoms with Gasteiger partial charge in [0.2, 0.25) is 0 Å². The molecule has 0 aliphatic carbocycles. The lowest BCUT2D eigenvalue weighted by atomic mass is 10.2. The zero-order chi connectivity index (χ0) is 14.7. The van der Waals surface area contributed by atoms with E-state index in [1.165, 1.54) is 9.75 Å². The molecule has 2 aromatic heterocycles. The summed E-state index contributed by atoms with van der Waals surface area (Å²) in [4.78, 5) is 13.4. The Morgan fingerprint density at radius 2 is 2.33 bits per heavy atom. The van der Waals surface area contributed by atoms with Gasteiger partial charge in [0.15, 0.2) is 0 Å². The predicted molar refractivity (Wildman–Crippen MR) is 85.9 cm³/mol. The molecule has 1 fully saturated rings. The molecule has 0 spiro atoms. The Hall–Kier alpha value is -1.66. The number of aliphatic hydroxyl groups excluding tert-OH is 1. The summed E-state index contributed by atoms with van der Waals surface area (Å²) in [6.45, 7) is 4.02. The summed E-state index contributed by atoms with van der Waals surface area (Å²) >= 11 is 1.79. The maximum Gasteiger partial charge on any atom is 0.134 e. The first kappa shape index (κ1) is 14.3. The Morgan fingerprint density at radius 1 is 1.43 bits per heavy atom. The summed E-state index contributed by atoms with van der Waals surface area (Å²) in [6, 6.07) is 6.42. The lowest BCUT2D eigenvalue weighted by Crippen LogP contribution is -2.32. The zero-order valence-corrected chi connectivity index (χ0v) is 12.9. The molecule has 1 atom stereocenters. The van der Waals surface area contributed by atoms with Crippen molar-refractivity contribution in [3.63, 3.8) is 0 Å². The standard InChI is InChI=1S/C15H20N4OS/c1-11-4-5-13(21-11)8-16-14-7-15(18-10-17-14)19-6-2-3-12(19)9-20/h4-5,7,10,12,20H,2-3,6,8-9H2,1H3,(H,16,17,18)/t12-/m1/s1. The maximum absolute atomic E-state index is 9.42. The van der Waals surface area contributed by atoms with Gasteiger partial charge in [-0.1, -0.05) is 0 Å². The van der Waals surface area contributed by atoms with Crippen molar-refractivity contribution in [3.8, 4) is 0 Å². The number of aliphatic hydroxyl groups is 1. The van der Waals surface area contributed by atoms with Crippen molar-refractivity contribution in [2.75, 3.05) is 23.4 Å². The van der Waals surface area contributed by atoms with Crippen LogP contribution in [0.4, 0.5) is 11.6 Å². The fraction of sp³-hybridized carbons (Fsp3) is 0.467. The molecule has 1 aliphatic heterocycles. The van der Waals surface area contributed by atoms with E-state index in [2.05, 4.69) is 39.2 Å². The van der Waals surface area contributed by atoms with Crippen LogP contribution < -0.4 is 10.2 Å². The van der Waals surface area contributed by atoms with Crippen molar-refractivity contribution in [2.24, 2.45) is 0 Å². The first-order valence-corrected chi connectivity index (χ1v) is 8.06. The normalized spacial score (nSPS) is 18.2. The predicted octanol–water partition coefficient (Wildman–Crippen LogP) is 2.42. The molecule has 6 heteroatoms. The van der Waals surface area contributed by atoms with E-state index in [1.807, 2.05) is 6.07 Å². The summed E-state index contributed by atoms with van der Waals surface area (Å²) < 4.78 is 0. The number of aromatic nitrogens is 2. The van der Waals surface area contributed by atoms with Crippen molar-refractivity contribution in [2.45, 2.75) is 32.4 Å². The first-order chi connectivity index (χ1) is 10.3. The van der Waals surface area contributed by atoms with E-state index in [1.54, 1.807) is 17.7 Å². The quantitative estimate of drug-likeness (QED) is 0.888. The number of rotatable bonds is 5. The molecule has 3 rings (SSSR count). The number of nitrogens with one attached hydrogen (secondary N) is 1. The number of hydrogen-bond donors (Lipinski definition) is 2. The lowest BCUT2D eigenvalue weighted by molar-refractivity contribution is 0.266. The number of hydrogen-bond acceptors (Lipinski definition) is 6. The van der Waals surface area contributed by atoms with Crippen LogP contribution in [0.3, 0.4) is 0 Å². The average Bonchev–Trinajstić information content (AvgIpc) is 3.14. The average molecular weight is 304 g/mol. The molecule has 0 saturated carbocycles. The summed E-state index contributed by atoms with van der Waals surface area (Å²) in [5, 5.41) is 12.8. The third-order valence-corrected chi connectivity index (χ3v) is 4.78. The minimum absolute atomic E-state index is 0.182. The highest BCUT2D eigenvalue weighted by Gasteiger charge is 2.25. The molecular formula is C15H20N4OS. The number of aryl methyl sites for hydroxylation is 1. The molecule has 1 saturated heterocycles. The molecule has 2 N–H and O–H groups in total. The van der Waals surface area contributed by atoms with Gasteiger partial charge in [-0.05, 0) is 31.9 Å². The highest BCUT2D eigenvalue weighted by Crippen LogP contribution is 2.25. The fourth-order valence-electron chi connectivity index (χ4n) is 2.69. The highest BCUT2D eigenvalue weighted by atomic mass is 32.1. The van der Waals surface area contributed by atoms with Crippen molar-refractivity contribution >= 4 is 23.0 Å². The van der Waals surface area contributed by atoms with Crippen molar-refractivity contribution in [1.82, 2.24) is 9.97 Å². The van der Waals surface area contributed by atoms with Gasteiger partial charge in [0.25, 0.3) is 0 Å². The summed E-state index contributed by atoms with van der Waals surface area (Å²) in [5.74, 6) is 1.72. The van der Waals surface area contributed by atoms with E-state index in [0.29, 0.717) is 0 Å². The summed E-state index contributed by atoms with van der Waals surface area (Å²) in [5.41, 5.74) is 0. The SMILES string of the molecule is Cc1ccc(CNc2cc(N3CCC[C@@H]3CO)ncn2)s1. The van der Waals surface area contributed by atoms with Gasteiger partial charge in [0.1, 0.15) is 18.0 Å². The molecule has 5 nitrogen and oxygen atoms in total. The van der Waals surface area contributed by atoms with E-state index in [9.17, 15) is 5.11 Å². The Labute approximate surface area is 128 Å². The summed E-state index contributed by atoms with van der Waals surface area (Å²) in [7, 11) is 0. The topological polar surface area (TPSA) is 61.3 Å². The van der Waals surface area contributed by atoms with Gasteiger partial charge in [-0.25, -0.2) is 9.97 Å². The molecule has 21 heavy (non-hydrogen) atoms. The smallest absolute Gasteiger partial charge is 0.134 e. The Balaban J connectivity index is 1.68. The van der Waals surface area contributed by atoms with Crippen LogP contribution in [-0.4, -0.2) is 34.3 Å². The van der Waals surface area contributed by atoms with Crippen molar-refractivity contribution in [1.29, 1.82) is 0 Å². The van der Waals surface area contributed by atoms with Crippen LogP contribution in [-0.2, 0) is 6.54 Å². The number of thiophene rings is 1. The molecule has 0 unspecified atom stereocenters. The minimum atomic E-state index is 0.182.